The van der Waals surface area contributed by atoms with Crippen LogP contribution in [0.1, 0.15) is 22.6 Å². The van der Waals surface area contributed by atoms with Gasteiger partial charge in [0.25, 0.3) is 0 Å². The number of aryl methyl sites for hydroxylation is 2. The summed E-state index contributed by atoms with van der Waals surface area (Å²) in [7, 11) is 3.70. The SMILES string of the molecule is CN=C(NCCc1ccn(-c2ccc(F)cc2)n1)NCc1c(C)nn(C)c1C.I. The van der Waals surface area contributed by atoms with E-state index < -0.39 is 0 Å². The molecule has 2 aromatic heterocycles. The van der Waals surface area contributed by atoms with E-state index >= 15 is 0 Å². The van der Waals surface area contributed by atoms with Crippen LogP contribution in [-0.4, -0.2) is 39.1 Å². The summed E-state index contributed by atoms with van der Waals surface area (Å²) in [6.07, 6.45) is 2.63. The zero-order valence-corrected chi connectivity index (χ0v) is 19.4. The van der Waals surface area contributed by atoms with Gasteiger partial charge >= 0.3 is 0 Å². The minimum atomic E-state index is -0.254. The van der Waals surface area contributed by atoms with E-state index in [0.717, 1.165) is 35.1 Å². The fourth-order valence-corrected chi connectivity index (χ4v) is 3.01. The lowest BCUT2D eigenvalue weighted by atomic mass is 10.2. The Morgan fingerprint density at radius 1 is 1.10 bits per heavy atom. The molecule has 3 rings (SSSR count). The molecule has 0 unspecified atom stereocenters. The normalized spacial score (nSPS) is 11.3. The molecule has 0 aliphatic rings. The Bertz CT molecular complexity index is 960. The fraction of sp³-hybridized carbons (Fsp3) is 0.350. The number of guanidine groups is 1. The third-order valence-electron chi connectivity index (χ3n) is 4.72. The highest BCUT2D eigenvalue weighted by Gasteiger charge is 2.10. The van der Waals surface area contributed by atoms with Crippen LogP contribution in [0.2, 0.25) is 0 Å². The van der Waals surface area contributed by atoms with Crippen molar-refractivity contribution < 1.29 is 4.39 Å². The molecule has 7 nitrogen and oxygen atoms in total. The van der Waals surface area contributed by atoms with Crippen LogP contribution in [0.15, 0.2) is 41.5 Å². The van der Waals surface area contributed by atoms with E-state index in [1.165, 1.54) is 17.7 Å². The van der Waals surface area contributed by atoms with Crippen molar-refractivity contribution in [2.24, 2.45) is 12.0 Å². The Hall–Kier alpha value is -2.43. The molecule has 0 saturated carbocycles. The second-order valence-corrected chi connectivity index (χ2v) is 6.60. The number of rotatable bonds is 6. The molecule has 3 aromatic rings. The summed E-state index contributed by atoms with van der Waals surface area (Å²) in [6.45, 7) is 5.44. The molecule has 1 aromatic carbocycles. The van der Waals surface area contributed by atoms with E-state index in [4.69, 9.17) is 0 Å². The molecule has 0 aliphatic carbocycles. The van der Waals surface area contributed by atoms with Crippen LogP contribution in [0.25, 0.3) is 5.69 Å². The first-order valence-corrected chi connectivity index (χ1v) is 9.22. The number of benzene rings is 1. The minimum absolute atomic E-state index is 0. The Balaban J connectivity index is 0.00000300. The van der Waals surface area contributed by atoms with E-state index in [1.807, 2.05) is 30.9 Å². The molecule has 0 fully saturated rings. The summed E-state index contributed by atoms with van der Waals surface area (Å²) in [4.78, 5) is 4.27. The van der Waals surface area contributed by atoms with E-state index in [1.54, 1.807) is 23.9 Å². The molecule has 156 valence electrons. The maximum atomic E-state index is 13.0. The van der Waals surface area contributed by atoms with Crippen molar-refractivity contribution >= 4 is 29.9 Å². The second-order valence-electron chi connectivity index (χ2n) is 6.60. The van der Waals surface area contributed by atoms with Crippen LogP contribution in [0, 0.1) is 19.7 Å². The van der Waals surface area contributed by atoms with Gasteiger partial charge in [-0.15, -0.1) is 24.0 Å². The van der Waals surface area contributed by atoms with E-state index in [0.29, 0.717) is 13.1 Å². The first kappa shape index (κ1) is 22.9. The van der Waals surface area contributed by atoms with Crippen LogP contribution < -0.4 is 10.6 Å². The number of aliphatic imine (C=N–C) groups is 1. The van der Waals surface area contributed by atoms with Crippen molar-refractivity contribution in [3.63, 3.8) is 0 Å². The standard InChI is InChI=1S/C20H26FN7.HI/c1-14-19(15(2)27(4)25-14)13-24-20(22-3)23-11-9-17-10-12-28(26-17)18-7-5-16(21)6-8-18;/h5-8,10,12H,9,11,13H2,1-4H3,(H2,22,23,24);1H. The molecule has 9 heteroatoms. The topological polar surface area (TPSA) is 72.1 Å². The quantitative estimate of drug-likeness (QED) is 0.304. The third kappa shape index (κ3) is 5.78. The Morgan fingerprint density at radius 2 is 1.83 bits per heavy atom. The molecule has 0 amide bonds. The molecule has 2 heterocycles. The van der Waals surface area contributed by atoms with Gasteiger partial charge in [0, 0.05) is 51.1 Å². The number of halogens is 2. The monoisotopic (exact) mass is 511 g/mol. The van der Waals surface area contributed by atoms with Gasteiger partial charge in [-0.25, -0.2) is 9.07 Å². The molecule has 29 heavy (non-hydrogen) atoms. The fourth-order valence-electron chi connectivity index (χ4n) is 3.01. The molecule has 2 N–H and O–H groups in total. The van der Waals surface area contributed by atoms with Gasteiger partial charge in [0.05, 0.1) is 17.1 Å². The van der Waals surface area contributed by atoms with Crippen LogP contribution in [0.4, 0.5) is 4.39 Å². The van der Waals surface area contributed by atoms with Crippen LogP contribution >= 0.6 is 24.0 Å². The summed E-state index contributed by atoms with van der Waals surface area (Å²) >= 11 is 0. The molecule has 0 bridgehead atoms. The van der Waals surface area contributed by atoms with Crippen LogP contribution in [0.5, 0.6) is 0 Å². The highest BCUT2D eigenvalue weighted by Crippen LogP contribution is 2.11. The van der Waals surface area contributed by atoms with Gasteiger partial charge in [0.1, 0.15) is 5.82 Å². The number of aromatic nitrogens is 4. The number of hydrogen-bond donors (Lipinski definition) is 2. The Labute approximate surface area is 187 Å². The predicted octanol–water partition coefficient (Wildman–Crippen LogP) is 2.89. The second kappa shape index (κ2) is 10.4. The molecule has 0 spiro atoms. The first-order chi connectivity index (χ1) is 13.5. The highest BCUT2D eigenvalue weighted by molar-refractivity contribution is 14.0. The van der Waals surface area contributed by atoms with Gasteiger partial charge in [-0.1, -0.05) is 0 Å². The maximum Gasteiger partial charge on any atom is 0.191 e. The average Bonchev–Trinajstić information content (AvgIpc) is 3.24. The third-order valence-corrected chi connectivity index (χ3v) is 4.72. The molecular weight excluding hydrogens is 484 g/mol. The summed E-state index contributed by atoms with van der Waals surface area (Å²) in [5.41, 5.74) is 5.14. The molecule has 0 radical (unpaired) electrons. The number of hydrogen-bond acceptors (Lipinski definition) is 3. The van der Waals surface area contributed by atoms with Gasteiger partial charge in [-0.3, -0.25) is 9.67 Å². The molecule has 0 saturated heterocycles. The smallest absolute Gasteiger partial charge is 0.191 e. The van der Waals surface area contributed by atoms with Gasteiger partial charge in [0.2, 0.25) is 0 Å². The van der Waals surface area contributed by atoms with E-state index in [2.05, 4.69) is 32.7 Å². The van der Waals surface area contributed by atoms with Crippen molar-refractivity contribution in [3.8, 4) is 5.69 Å². The highest BCUT2D eigenvalue weighted by atomic mass is 127. The van der Waals surface area contributed by atoms with Crippen molar-refractivity contribution in [1.82, 2.24) is 30.2 Å². The zero-order chi connectivity index (χ0) is 20.1. The van der Waals surface area contributed by atoms with Crippen LogP contribution in [0.3, 0.4) is 0 Å². The Kier molecular flexibility index (Phi) is 8.18. The largest absolute Gasteiger partial charge is 0.356 e. The Morgan fingerprint density at radius 3 is 2.45 bits per heavy atom. The molecule has 0 aliphatic heterocycles. The summed E-state index contributed by atoms with van der Waals surface area (Å²) < 4.78 is 16.7. The maximum absolute atomic E-state index is 13.0. The van der Waals surface area contributed by atoms with Gasteiger partial charge < -0.3 is 10.6 Å². The summed E-state index contributed by atoms with van der Waals surface area (Å²) in [5, 5.41) is 15.6. The van der Waals surface area contributed by atoms with Crippen molar-refractivity contribution in [1.29, 1.82) is 0 Å². The van der Waals surface area contributed by atoms with Gasteiger partial charge in [-0.2, -0.15) is 10.2 Å². The van der Waals surface area contributed by atoms with Crippen molar-refractivity contribution in [2.45, 2.75) is 26.8 Å². The lowest BCUT2D eigenvalue weighted by Crippen LogP contribution is -2.38. The lowest BCUT2D eigenvalue weighted by Gasteiger charge is -2.11. The van der Waals surface area contributed by atoms with Gasteiger partial charge in [0.15, 0.2) is 5.96 Å². The van der Waals surface area contributed by atoms with E-state index in [9.17, 15) is 4.39 Å². The minimum Gasteiger partial charge on any atom is -0.356 e. The van der Waals surface area contributed by atoms with Gasteiger partial charge in [-0.05, 0) is 44.2 Å². The van der Waals surface area contributed by atoms with Crippen molar-refractivity contribution in [3.05, 3.63) is 65.0 Å². The predicted molar refractivity (Wildman–Crippen MR) is 124 cm³/mol. The first-order valence-electron chi connectivity index (χ1n) is 9.22. The zero-order valence-electron chi connectivity index (χ0n) is 17.1. The molecular formula is C20H27FIN7. The lowest BCUT2D eigenvalue weighted by molar-refractivity contribution is 0.627. The van der Waals surface area contributed by atoms with Crippen LogP contribution in [-0.2, 0) is 20.0 Å². The average molecular weight is 511 g/mol. The molecule has 0 atom stereocenters. The van der Waals surface area contributed by atoms with Crippen molar-refractivity contribution in [2.75, 3.05) is 13.6 Å². The summed E-state index contributed by atoms with van der Waals surface area (Å²) in [5.74, 6) is 0.483. The van der Waals surface area contributed by atoms with E-state index in [-0.39, 0.29) is 29.8 Å². The number of nitrogens with one attached hydrogen (secondary N) is 2. The number of nitrogens with zero attached hydrogens (tertiary/aromatic N) is 5. The summed E-state index contributed by atoms with van der Waals surface area (Å²) in [6, 6.07) is 8.24.